The van der Waals surface area contributed by atoms with E-state index in [9.17, 15) is 18.3 Å². The molecule has 0 aliphatic carbocycles. The molecule has 0 heterocycles. The molecule has 0 saturated heterocycles. The number of hydrogen-bond donors (Lipinski definition) is 1. The summed E-state index contributed by atoms with van der Waals surface area (Å²) >= 11 is 0. The van der Waals surface area contributed by atoms with Gasteiger partial charge in [0.1, 0.15) is 23.1 Å². The first kappa shape index (κ1) is 15.3. The van der Waals surface area contributed by atoms with Crippen LogP contribution in [0, 0.1) is 17.5 Å². The number of aliphatic hydroxyl groups is 1. The molecule has 1 nitrogen and oxygen atoms in total. The Kier molecular flexibility index (Phi) is 3.92. The summed E-state index contributed by atoms with van der Waals surface area (Å²) in [7, 11) is 0. The first-order chi connectivity index (χ1) is 11.0. The summed E-state index contributed by atoms with van der Waals surface area (Å²) < 4.78 is 40.5. The van der Waals surface area contributed by atoms with E-state index in [1.54, 1.807) is 0 Å². The summed E-state index contributed by atoms with van der Waals surface area (Å²) in [6, 6.07) is 16.0. The van der Waals surface area contributed by atoms with Gasteiger partial charge < -0.3 is 5.11 Å². The summed E-state index contributed by atoms with van der Waals surface area (Å²) in [4.78, 5) is 0. The minimum Gasteiger partial charge on any atom is -0.376 e. The van der Waals surface area contributed by atoms with E-state index in [1.165, 1.54) is 72.8 Å². The molecule has 0 unspecified atom stereocenters. The van der Waals surface area contributed by atoms with Gasteiger partial charge in [0.15, 0.2) is 0 Å². The van der Waals surface area contributed by atoms with Crippen molar-refractivity contribution in [3.05, 3.63) is 107 Å². The Labute approximate surface area is 131 Å². The van der Waals surface area contributed by atoms with Gasteiger partial charge in [-0.05, 0) is 53.1 Å². The number of hydrogen-bond acceptors (Lipinski definition) is 1. The maximum absolute atomic E-state index is 13.6. The number of benzene rings is 3. The van der Waals surface area contributed by atoms with E-state index in [1.807, 2.05) is 0 Å². The molecule has 0 radical (unpaired) electrons. The van der Waals surface area contributed by atoms with Crippen molar-refractivity contribution >= 4 is 0 Å². The van der Waals surface area contributed by atoms with E-state index in [4.69, 9.17) is 0 Å². The van der Waals surface area contributed by atoms with Crippen molar-refractivity contribution in [1.29, 1.82) is 0 Å². The smallest absolute Gasteiger partial charge is 0.140 e. The quantitative estimate of drug-likeness (QED) is 0.711. The normalized spacial score (nSPS) is 11.5. The molecule has 0 aliphatic heterocycles. The molecule has 0 aromatic heterocycles. The van der Waals surface area contributed by atoms with Crippen molar-refractivity contribution in [3.8, 4) is 0 Å². The van der Waals surface area contributed by atoms with Crippen LogP contribution in [0.3, 0.4) is 0 Å². The molecular formula is C19H13F3O. The van der Waals surface area contributed by atoms with Gasteiger partial charge in [-0.3, -0.25) is 0 Å². The first-order valence-electron chi connectivity index (χ1n) is 7.00. The van der Waals surface area contributed by atoms with Crippen LogP contribution in [0.25, 0.3) is 0 Å². The second kappa shape index (κ2) is 5.89. The highest BCUT2D eigenvalue weighted by Gasteiger charge is 2.34. The van der Waals surface area contributed by atoms with Gasteiger partial charge in [-0.15, -0.1) is 0 Å². The summed E-state index contributed by atoms with van der Waals surface area (Å²) in [5.41, 5.74) is -1.02. The molecule has 4 heteroatoms. The van der Waals surface area contributed by atoms with Crippen molar-refractivity contribution in [2.75, 3.05) is 0 Å². The maximum atomic E-state index is 13.6. The van der Waals surface area contributed by atoms with Crippen LogP contribution in [0.15, 0.2) is 72.8 Å². The fraction of sp³-hybridized carbons (Fsp3) is 0.0526. The van der Waals surface area contributed by atoms with Gasteiger partial charge in [0.05, 0.1) is 0 Å². The zero-order valence-corrected chi connectivity index (χ0v) is 12.0. The van der Waals surface area contributed by atoms with E-state index in [-0.39, 0.29) is 11.1 Å². The minimum absolute atomic E-state index is 0.231. The van der Waals surface area contributed by atoms with Crippen LogP contribution >= 0.6 is 0 Å². The first-order valence-corrected chi connectivity index (χ1v) is 7.00. The third-order valence-corrected chi connectivity index (χ3v) is 3.75. The molecule has 0 bridgehead atoms. The predicted molar refractivity (Wildman–Crippen MR) is 81.3 cm³/mol. The Morgan fingerprint density at radius 1 is 0.565 bits per heavy atom. The minimum atomic E-state index is -1.79. The Hall–Kier alpha value is -2.59. The van der Waals surface area contributed by atoms with Gasteiger partial charge in [0.25, 0.3) is 0 Å². The average Bonchev–Trinajstić information content (AvgIpc) is 2.55. The second-order valence-electron chi connectivity index (χ2n) is 5.24. The van der Waals surface area contributed by atoms with Crippen molar-refractivity contribution in [2.24, 2.45) is 0 Å². The molecule has 0 saturated carbocycles. The van der Waals surface area contributed by atoms with Crippen LogP contribution in [0.1, 0.15) is 16.7 Å². The number of rotatable bonds is 3. The van der Waals surface area contributed by atoms with Gasteiger partial charge in [-0.2, -0.15) is 0 Å². The SMILES string of the molecule is OC(c1ccc(F)cc1)(c1cccc(F)c1)c1cccc(F)c1. The predicted octanol–water partition coefficient (Wildman–Crippen LogP) is 4.39. The molecule has 3 rings (SSSR count). The molecule has 3 aromatic carbocycles. The monoisotopic (exact) mass is 314 g/mol. The largest absolute Gasteiger partial charge is 0.376 e. The standard InChI is InChI=1S/C19H13F3O/c20-16-9-7-13(8-10-16)19(23,14-3-1-5-17(21)11-14)15-4-2-6-18(22)12-15/h1-12,23H. The lowest BCUT2D eigenvalue weighted by atomic mass is 9.80. The van der Waals surface area contributed by atoms with E-state index >= 15 is 0 Å². The molecule has 116 valence electrons. The molecule has 3 aromatic rings. The Morgan fingerprint density at radius 3 is 1.48 bits per heavy atom. The second-order valence-corrected chi connectivity index (χ2v) is 5.24. The lowest BCUT2D eigenvalue weighted by Gasteiger charge is -2.30. The van der Waals surface area contributed by atoms with Crippen molar-refractivity contribution in [2.45, 2.75) is 5.60 Å². The van der Waals surface area contributed by atoms with E-state index < -0.39 is 23.1 Å². The van der Waals surface area contributed by atoms with Gasteiger partial charge in [-0.25, -0.2) is 13.2 Å². The van der Waals surface area contributed by atoms with Crippen molar-refractivity contribution in [1.82, 2.24) is 0 Å². The Bertz CT molecular complexity index is 783. The lowest BCUT2D eigenvalue weighted by Crippen LogP contribution is -2.29. The van der Waals surface area contributed by atoms with E-state index in [0.29, 0.717) is 5.56 Å². The summed E-state index contributed by atoms with van der Waals surface area (Å²) in [6.07, 6.45) is 0. The van der Waals surface area contributed by atoms with Crippen LogP contribution in [0.4, 0.5) is 13.2 Å². The molecule has 0 amide bonds. The highest BCUT2D eigenvalue weighted by molar-refractivity contribution is 5.47. The molecule has 0 atom stereocenters. The third kappa shape index (κ3) is 2.85. The van der Waals surface area contributed by atoms with E-state index in [2.05, 4.69) is 0 Å². The molecule has 0 spiro atoms. The van der Waals surface area contributed by atoms with Crippen molar-refractivity contribution < 1.29 is 18.3 Å². The van der Waals surface area contributed by atoms with Gasteiger partial charge in [0, 0.05) is 0 Å². The van der Waals surface area contributed by atoms with Gasteiger partial charge in [0.2, 0.25) is 0 Å². The van der Waals surface area contributed by atoms with Crippen LogP contribution in [0.2, 0.25) is 0 Å². The zero-order chi connectivity index (χ0) is 16.4. The van der Waals surface area contributed by atoms with Crippen LogP contribution in [-0.4, -0.2) is 5.11 Å². The Morgan fingerprint density at radius 2 is 1.04 bits per heavy atom. The summed E-state index contributed by atoms with van der Waals surface area (Å²) in [5, 5.41) is 11.3. The molecule has 1 N–H and O–H groups in total. The highest BCUT2D eigenvalue weighted by Crippen LogP contribution is 2.37. The number of halogens is 3. The summed E-state index contributed by atoms with van der Waals surface area (Å²) in [5.74, 6) is -1.52. The molecule has 0 fully saturated rings. The van der Waals surface area contributed by atoms with Crippen LogP contribution in [0.5, 0.6) is 0 Å². The van der Waals surface area contributed by atoms with Crippen LogP contribution in [-0.2, 0) is 5.60 Å². The molecule has 23 heavy (non-hydrogen) atoms. The topological polar surface area (TPSA) is 20.2 Å². The molecular weight excluding hydrogens is 301 g/mol. The van der Waals surface area contributed by atoms with E-state index in [0.717, 1.165) is 0 Å². The lowest BCUT2D eigenvalue weighted by molar-refractivity contribution is 0.125. The summed E-state index contributed by atoms with van der Waals surface area (Å²) in [6.45, 7) is 0. The molecule has 0 aliphatic rings. The fourth-order valence-corrected chi connectivity index (χ4v) is 2.62. The van der Waals surface area contributed by atoms with Gasteiger partial charge in [-0.1, -0.05) is 36.4 Å². The van der Waals surface area contributed by atoms with Crippen molar-refractivity contribution in [3.63, 3.8) is 0 Å². The highest BCUT2D eigenvalue weighted by atomic mass is 19.1. The van der Waals surface area contributed by atoms with Gasteiger partial charge >= 0.3 is 0 Å². The third-order valence-electron chi connectivity index (χ3n) is 3.75. The Balaban J connectivity index is 2.27. The zero-order valence-electron chi connectivity index (χ0n) is 12.0. The maximum Gasteiger partial charge on any atom is 0.140 e. The average molecular weight is 314 g/mol. The van der Waals surface area contributed by atoms with Crippen LogP contribution < -0.4 is 0 Å². The fourth-order valence-electron chi connectivity index (χ4n) is 2.62.